The van der Waals surface area contributed by atoms with Crippen molar-refractivity contribution in [1.82, 2.24) is 15.2 Å². The summed E-state index contributed by atoms with van der Waals surface area (Å²) in [6, 6.07) is 1.27. The van der Waals surface area contributed by atoms with Crippen LogP contribution in [0.15, 0.2) is 11.6 Å². The lowest BCUT2D eigenvalue weighted by molar-refractivity contribution is 0.139. The molecule has 0 radical (unpaired) electrons. The normalized spacial score (nSPS) is 20.1. The molecule has 1 atom stereocenters. The van der Waals surface area contributed by atoms with Gasteiger partial charge in [0, 0.05) is 30.7 Å². The van der Waals surface area contributed by atoms with Gasteiger partial charge in [-0.3, -0.25) is 4.90 Å². The molecule has 0 aromatic carbocycles. The van der Waals surface area contributed by atoms with Gasteiger partial charge >= 0.3 is 0 Å². The van der Waals surface area contributed by atoms with Gasteiger partial charge in [-0.2, -0.15) is 0 Å². The van der Waals surface area contributed by atoms with E-state index in [-0.39, 0.29) is 0 Å². The molecule has 0 saturated carbocycles. The highest BCUT2D eigenvalue weighted by Gasteiger charge is 2.25. The molecule has 18 heavy (non-hydrogen) atoms. The highest BCUT2D eigenvalue weighted by Crippen LogP contribution is 2.28. The number of likely N-dealkylation sites (tertiary alicyclic amines) is 1. The highest BCUT2D eigenvalue weighted by molar-refractivity contribution is 7.09. The Labute approximate surface area is 115 Å². The molecule has 1 unspecified atom stereocenters. The average molecular weight is 267 g/mol. The fourth-order valence-corrected chi connectivity index (χ4v) is 3.61. The SMILES string of the molecule is CCCNC1CCN(C(CC)c2nccs2)CC1. The largest absolute Gasteiger partial charge is 0.314 e. The van der Waals surface area contributed by atoms with Crippen LogP contribution in [-0.2, 0) is 0 Å². The smallest absolute Gasteiger partial charge is 0.110 e. The van der Waals surface area contributed by atoms with E-state index < -0.39 is 0 Å². The number of nitrogens with zero attached hydrogens (tertiary/aromatic N) is 2. The molecule has 2 rings (SSSR count). The van der Waals surface area contributed by atoms with Crippen LogP contribution in [0.25, 0.3) is 0 Å². The molecule has 0 amide bonds. The number of thiazole rings is 1. The van der Waals surface area contributed by atoms with Crippen molar-refractivity contribution in [2.75, 3.05) is 19.6 Å². The maximum Gasteiger partial charge on any atom is 0.110 e. The van der Waals surface area contributed by atoms with Gasteiger partial charge in [0.15, 0.2) is 0 Å². The molecule has 1 aromatic heterocycles. The van der Waals surface area contributed by atoms with Crippen molar-refractivity contribution in [2.45, 2.75) is 51.6 Å². The Hall–Kier alpha value is -0.450. The second-order valence-electron chi connectivity index (χ2n) is 5.06. The first-order valence-corrected chi connectivity index (χ1v) is 8.10. The van der Waals surface area contributed by atoms with Crippen LogP contribution in [0, 0.1) is 0 Å². The third-order valence-corrected chi connectivity index (χ3v) is 4.65. The topological polar surface area (TPSA) is 28.2 Å². The summed E-state index contributed by atoms with van der Waals surface area (Å²) in [6.07, 6.45) is 6.89. The van der Waals surface area contributed by atoms with E-state index in [1.54, 1.807) is 11.3 Å². The van der Waals surface area contributed by atoms with Gasteiger partial charge in [0.1, 0.15) is 5.01 Å². The molecule has 1 aliphatic rings. The molecule has 1 aliphatic heterocycles. The predicted molar refractivity (Wildman–Crippen MR) is 78.0 cm³/mol. The van der Waals surface area contributed by atoms with Crippen LogP contribution >= 0.6 is 11.3 Å². The molecule has 0 bridgehead atoms. The van der Waals surface area contributed by atoms with Crippen molar-refractivity contribution >= 4 is 11.3 Å². The molecule has 1 fully saturated rings. The molecule has 0 aliphatic carbocycles. The molecule has 3 nitrogen and oxygen atoms in total. The first-order chi connectivity index (χ1) is 8.85. The summed E-state index contributed by atoms with van der Waals surface area (Å²) in [5.41, 5.74) is 0. The summed E-state index contributed by atoms with van der Waals surface area (Å²) >= 11 is 1.80. The van der Waals surface area contributed by atoms with Crippen LogP contribution in [0.4, 0.5) is 0 Å². The number of nitrogens with one attached hydrogen (secondary N) is 1. The van der Waals surface area contributed by atoms with Crippen molar-refractivity contribution in [3.05, 3.63) is 16.6 Å². The summed E-state index contributed by atoms with van der Waals surface area (Å²) < 4.78 is 0. The maximum absolute atomic E-state index is 4.49. The summed E-state index contributed by atoms with van der Waals surface area (Å²) in [4.78, 5) is 7.11. The summed E-state index contributed by atoms with van der Waals surface area (Å²) in [6.45, 7) is 8.08. The van der Waals surface area contributed by atoms with Crippen LogP contribution in [0.5, 0.6) is 0 Å². The predicted octanol–water partition coefficient (Wildman–Crippen LogP) is 3.06. The Balaban J connectivity index is 1.84. The average Bonchev–Trinajstić information content (AvgIpc) is 2.93. The molecule has 1 saturated heterocycles. The quantitative estimate of drug-likeness (QED) is 0.858. The van der Waals surface area contributed by atoms with E-state index in [1.807, 2.05) is 6.20 Å². The second kappa shape index (κ2) is 7.22. The maximum atomic E-state index is 4.49. The zero-order valence-corrected chi connectivity index (χ0v) is 12.4. The van der Waals surface area contributed by atoms with Crippen molar-refractivity contribution in [2.24, 2.45) is 0 Å². The first kappa shape index (κ1) is 14.0. The van der Waals surface area contributed by atoms with Crippen LogP contribution in [0.3, 0.4) is 0 Å². The summed E-state index contributed by atoms with van der Waals surface area (Å²) in [7, 11) is 0. The Bertz CT molecular complexity index is 318. The zero-order chi connectivity index (χ0) is 12.8. The van der Waals surface area contributed by atoms with Crippen LogP contribution < -0.4 is 5.32 Å². The lowest BCUT2D eigenvalue weighted by atomic mass is 10.0. The number of piperidine rings is 1. The van der Waals surface area contributed by atoms with Gasteiger partial charge < -0.3 is 5.32 Å². The van der Waals surface area contributed by atoms with Crippen LogP contribution in [0.2, 0.25) is 0 Å². The number of hydrogen-bond donors (Lipinski definition) is 1. The lowest BCUT2D eigenvalue weighted by Gasteiger charge is -2.36. The summed E-state index contributed by atoms with van der Waals surface area (Å²) in [5.74, 6) is 0. The van der Waals surface area contributed by atoms with E-state index in [4.69, 9.17) is 0 Å². The van der Waals surface area contributed by atoms with E-state index in [0.717, 1.165) is 12.6 Å². The fourth-order valence-electron chi connectivity index (χ4n) is 2.75. The van der Waals surface area contributed by atoms with Gasteiger partial charge in [-0.1, -0.05) is 13.8 Å². The van der Waals surface area contributed by atoms with Gasteiger partial charge in [-0.05, 0) is 32.2 Å². The number of aromatic nitrogens is 1. The van der Waals surface area contributed by atoms with Gasteiger partial charge in [-0.15, -0.1) is 11.3 Å². The monoisotopic (exact) mass is 267 g/mol. The van der Waals surface area contributed by atoms with E-state index >= 15 is 0 Å². The molecule has 1 N–H and O–H groups in total. The summed E-state index contributed by atoms with van der Waals surface area (Å²) in [5, 5.41) is 7.02. The number of hydrogen-bond acceptors (Lipinski definition) is 4. The first-order valence-electron chi connectivity index (χ1n) is 7.22. The highest BCUT2D eigenvalue weighted by atomic mass is 32.1. The van der Waals surface area contributed by atoms with E-state index in [2.05, 4.69) is 34.4 Å². The lowest BCUT2D eigenvalue weighted by Crippen LogP contribution is -2.43. The Morgan fingerprint density at radius 1 is 1.44 bits per heavy atom. The molecule has 4 heteroatoms. The van der Waals surface area contributed by atoms with Crippen molar-refractivity contribution < 1.29 is 0 Å². The second-order valence-corrected chi connectivity index (χ2v) is 5.98. The zero-order valence-electron chi connectivity index (χ0n) is 11.6. The third kappa shape index (κ3) is 3.53. The van der Waals surface area contributed by atoms with Crippen molar-refractivity contribution in [1.29, 1.82) is 0 Å². The van der Waals surface area contributed by atoms with E-state index in [9.17, 15) is 0 Å². The van der Waals surface area contributed by atoms with Gasteiger partial charge in [0.05, 0.1) is 6.04 Å². The van der Waals surface area contributed by atoms with Crippen molar-refractivity contribution in [3.63, 3.8) is 0 Å². The van der Waals surface area contributed by atoms with E-state index in [0.29, 0.717) is 6.04 Å². The number of rotatable bonds is 6. The van der Waals surface area contributed by atoms with Gasteiger partial charge in [0.25, 0.3) is 0 Å². The minimum atomic E-state index is 0.539. The van der Waals surface area contributed by atoms with Gasteiger partial charge in [0.2, 0.25) is 0 Å². The van der Waals surface area contributed by atoms with Crippen LogP contribution in [-0.4, -0.2) is 35.6 Å². The Morgan fingerprint density at radius 2 is 2.22 bits per heavy atom. The Morgan fingerprint density at radius 3 is 2.78 bits per heavy atom. The molecular weight excluding hydrogens is 242 g/mol. The fraction of sp³-hybridized carbons (Fsp3) is 0.786. The van der Waals surface area contributed by atoms with Crippen LogP contribution in [0.1, 0.15) is 50.6 Å². The van der Waals surface area contributed by atoms with Crippen molar-refractivity contribution in [3.8, 4) is 0 Å². The standard InChI is InChI=1S/C14H25N3S/c1-3-7-15-12-5-9-17(10-6-12)13(4-2)14-16-8-11-18-14/h8,11-13,15H,3-7,9-10H2,1-2H3. The molecule has 2 heterocycles. The minimum Gasteiger partial charge on any atom is -0.314 e. The molecule has 102 valence electrons. The molecule has 0 spiro atoms. The van der Waals surface area contributed by atoms with E-state index in [1.165, 1.54) is 43.8 Å². The Kier molecular flexibility index (Phi) is 5.60. The third-order valence-electron chi connectivity index (χ3n) is 3.78. The molecule has 1 aromatic rings. The van der Waals surface area contributed by atoms with Gasteiger partial charge in [-0.25, -0.2) is 4.98 Å². The molecular formula is C14H25N3S. The minimum absolute atomic E-state index is 0.539.